The maximum Gasteiger partial charge on any atom is 0.405 e. The van der Waals surface area contributed by atoms with Crippen LogP contribution >= 0.6 is 11.3 Å². The lowest BCUT2D eigenvalue weighted by molar-refractivity contribution is -0.135. The molecule has 0 saturated carbocycles. The van der Waals surface area contributed by atoms with Gasteiger partial charge < -0.3 is 15.4 Å². The molecule has 1 aromatic heterocycles. The first-order valence-electron chi connectivity index (χ1n) is 12.1. The molecule has 200 valence electrons. The summed E-state index contributed by atoms with van der Waals surface area (Å²) in [4.78, 5) is 27.4. The molecule has 1 aromatic carbocycles. The van der Waals surface area contributed by atoms with Crippen molar-refractivity contribution in [3.8, 4) is 11.8 Å². The molecule has 1 aliphatic heterocycles. The van der Waals surface area contributed by atoms with Crippen LogP contribution in [0.3, 0.4) is 0 Å². The number of nitriles is 1. The predicted octanol–water partition coefficient (Wildman–Crippen LogP) is 2.39. The first kappa shape index (κ1) is 28.3. The van der Waals surface area contributed by atoms with E-state index in [1.807, 2.05) is 12.1 Å². The van der Waals surface area contributed by atoms with Crippen LogP contribution in [0.2, 0.25) is 0 Å². The quantitative estimate of drug-likeness (QED) is 0.510. The van der Waals surface area contributed by atoms with Crippen LogP contribution in [-0.4, -0.2) is 54.3 Å². The van der Waals surface area contributed by atoms with Gasteiger partial charge in [-0.1, -0.05) is 18.9 Å². The number of carbonyl (C=O) groups is 1. The zero-order chi connectivity index (χ0) is 26.8. The van der Waals surface area contributed by atoms with Crippen molar-refractivity contribution in [2.45, 2.75) is 45.3 Å². The van der Waals surface area contributed by atoms with Gasteiger partial charge in [0.15, 0.2) is 5.57 Å². The second-order valence-electron chi connectivity index (χ2n) is 8.53. The first-order valence-corrected chi connectivity index (χ1v) is 12.9. The van der Waals surface area contributed by atoms with Crippen LogP contribution in [0.1, 0.15) is 32.6 Å². The Morgan fingerprint density at radius 1 is 1.24 bits per heavy atom. The van der Waals surface area contributed by atoms with Gasteiger partial charge in [-0.15, -0.1) is 11.3 Å². The number of halogens is 3. The predicted molar refractivity (Wildman–Crippen MR) is 137 cm³/mol. The lowest BCUT2D eigenvalue weighted by Gasteiger charge is -2.19. The molecule has 0 bridgehead atoms. The summed E-state index contributed by atoms with van der Waals surface area (Å²) in [6.07, 6.45) is 1.80. The van der Waals surface area contributed by atoms with Crippen molar-refractivity contribution < 1.29 is 22.7 Å². The molecule has 0 spiro atoms. The first-order chi connectivity index (χ1) is 17.7. The van der Waals surface area contributed by atoms with E-state index in [-0.39, 0.29) is 15.7 Å². The Labute approximate surface area is 216 Å². The van der Waals surface area contributed by atoms with Gasteiger partial charge in [-0.25, -0.2) is 0 Å². The molecule has 1 aliphatic rings. The van der Waals surface area contributed by atoms with E-state index in [9.17, 15) is 28.0 Å². The number of hydrogen-bond donors (Lipinski definition) is 2. The summed E-state index contributed by atoms with van der Waals surface area (Å²) in [6, 6.07) is 8.88. The molecule has 3 rings (SSSR count). The molecule has 1 amide bonds. The van der Waals surface area contributed by atoms with Crippen LogP contribution in [-0.2, 0) is 11.3 Å². The molecule has 2 heterocycles. The lowest BCUT2D eigenvalue weighted by atomic mass is 10.2. The highest BCUT2D eigenvalue weighted by molar-refractivity contribution is 7.07. The molecule has 0 unspecified atom stereocenters. The monoisotopic (exact) mass is 537 g/mol. The molecule has 0 aliphatic carbocycles. The number of ether oxygens (including phenoxy) is 1. The Morgan fingerprint density at radius 2 is 1.97 bits per heavy atom. The third-order valence-electron chi connectivity index (χ3n) is 5.80. The highest BCUT2D eigenvalue weighted by Gasteiger charge is 2.28. The fraction of sp³-hybridized carbons (Fsp3) is 0.480. The largest absolute Gasteiger partial charge is 0.492 e. The summed E-state index contributed by atoms with van der Waals surface area (Å²) >= 11 is 0.854. The fourth-order valence-electron chi connectivity index (χ4n) is 3.93. The van der Waals surface area contributed by atoms with Gasteiger partial charge >= 0.3 is 6.18 Å². The highest BCUT2D eigenvalue weighted by atomic mass is 32.1. The average molecular weight is 538 g/mol. The van der Waals surface area contributed by atoms with Crippen molar-refractivity contribution in [2.75, 3.05) is 38.1 Å². The van der Waals surface area contributed by atoms with Crippen LogP contribution in [0.5, 0.6) is 5.75 Å². The number of thiazole rings is 1. The van der Waals surface area contributed by atoms with Crippen molar-refractivity contribution in [3.05, 3.63) is 43.8 Å². The fourth-order valence-corrected chi connectivity index (χ4v) is 5.02. The molecule has 1 fully saturated rings. The number of alkyl halides is 3. The standard InChI is InChI=1S/C25H30F3N5O3S/c1-2-33-23(35)21(37-24(33)20(15-29)22(34)31-17-25(26,27)28)16-30-18-8-7-9-19(14-18)36-13-12-32-10-5-3-4-6-11-32/h7-9,14,16,30H,2-6,10-13,17H2,1H3,(H,31,34)/b21-16+,24-20-. The number of nitrogens with zero attached hydrogens (tertiary/aromatic N) is 3. The molecule has 8 nitrogen and oxygen atoms in total. The Kier molecular flexibility index (Phi) is 10.2. The summed E-state index contributed by atoms with van der Waals surface area (Å²) < 4.78 is 44.7. The van der Waals surface area contributed by atoms with Crippen molar-refractivity contribution in [1.29, 1.82) is 5.26 Å². The molecule has 2 N–H and O–H groups in total. The number of amides is 1. The number of likely N-dealkylation sites (tertiary alicyclic amines) is 1. The Hall–Kier alpha value is -3.30. The second kappa shape index (κ2) is 13.3. The number of anilines is 1. The summed E-state index contributed by atoms with van der Waals surface area (Å²) in [5.41, 5.74) is -0.346. The molecular formula is C25H30F3N5O3S. The molecule has 1 saturated heterocycles. The van der Waals surface area contributed by atoms with E-state index in [0.29, 0.717) is 18.0 Å². The van der Waals surface area contributed by atoms with E-state index < -0.39 is 29.8 Å². The van der Waals surface area contributed by atoms with E-state index in [1.54, 1.807) is 30.4 Å². The number of hydrogen-bond acceptors (Lipinski definition) is 7. The van der Waals surface area contributed by atoms with E-state index in [0.717, 1.165) is 31.0 Å². The van der Waals surface area contributed by atoms with Gasteiger partial charge in [-0.2, -0.15) is 18.4 Å². The smallest absolute Gasteiger partial charge is 0.405 e. The zero-order valence-corrected chi connectivity index (χ0v) is 21.4. The third kappa shape index (κ3) is 8.36. The average Bonchev–Trinajstić information content (AvgIpc) is 3.01. The number of nitrogens with one attached hydrogen (secondary N) is 2. The van der Waals surface area contributed by atoms with Crippen LogP contribution < -0.4 is 30.1 Å². The summed E-state index contributed by atoms with van der Waals surface area (Å²) in [7, 11) is 0. The van der Waals surface area contributed by atoms with Gasteiger partial charge in [0.05, 0.1) is 0 Å². The van der Waals surface area contributed by atoms with Crippen LogP contribution in [0.15, 0.2) is 29.1 Å². The van der Waals surface area contributed by atoms with Crippen molar-refractivity contribution in [1.82, 2.24) is 14.8 Å². The second-order valence-corrected chi connectivity index (χ2v) is 9.56. The minimum atomic E-state index is -4.62. The van der Waals surface area contributed by atoms with E-state index in [1.165, 1.54) is 36.5 Å². The van der Waals surface area contributed by atoms with Gasteiger partial charge in [0.25, 0.3) is 11.5 Å². The van der Waals surface area contributed by atoms with E-state index in [4.69, 9.17) is 4.74 Å². The summed E-state index contributed by atoms with van der Waals surface area (Å²) in [5.74, 6) is -0.514. The Bertz CT molecular complexity index is 1290. The number of aromatic nitrogens is 1. The van der Waals surface area contributed by atoms with Gasteiger partial charge in [-0.05, 0) is 45.0 Å². The van der Waals surface area contributed by atoms with Crippen LogP contribution in [0, 0.1) is 11.3 Å². The van der Waals surface area contributed by atoms with Crippen LogP contribution in [0.4, 0.5) is 18.9 Å². The Balaban J connectivity index is 1.75. The molecule has 12 heteroatoms. The topological polar surface area (TPSA) is 99.4 Å². The molecule has 0 atom stereocenters. The number of rotatable bonds is 9. The highest BCUT2D eigenvalue weighted by Crippen LogP contribution is 2.18. The maximum absolute atomic E-state index is 12.8. The molecule has 37 heavy (non-hydrogen) atoms. The summed E-state index contributed by atoms with van der Waals surface area (Å²) in [5, 5.41) is 14.1. The van der Waals surface area contributed by atoms with Gasteiger partial charge in [0.1, 0.15) is 34.2 Å². The van der Waals surface area contributed by atoms with Crippen molar-refractivity contribution >= 4 is 34.7 Å². The third-order valence-corrected chi connectivity index (χ3v) is 6.94. The minimum absolute atomic E-state index is 0.00618. The lowest BCUT2D eigenvalue weighted by Crippen LogP contribution is -2.37. The van der Waals surface area contributed by atoms with E-state index >= 15 is 0 Å². The zero-order valence-electron chi connectivity index (χ0n) is 20.6. The van der Waals surface area contributed by atoms with Gasteiger partial charge in [-0.3, -0.25) is 19.1 Å². The number of carbonyl (C=O) groups excluding carboxylic acids is 1. The number of benzene rings is 1. The van der Waals surface area contributed by atoms with Crippen molar-refractivity contribution in [3.63, 3.8) is 0 Å². The molecule has 0 radical (unpaired) electrons. The minimum Gasteiger partial charge on any atom is -0.492 e. The Morgan fingerprint density at radius 3 is 2.62 bits per heavy atom. The van der Waals surface area contributed by atoms with Crippen molar-refractivity contribution in [2.24, 2.45) is 0 Å². The normalized spacial score (nSPS) is 16.0. The maximum atomic E-state index is 12.8. The summed E-state index contributed by atoms with van der Waals surface area (Å²) in [6.45, 7) is 3.80. The van der Waals surface area contributed by atoms with Gasteiger partial charge in [0.2, 0.25) is 0 Å². The van der Waals surface area contributed by atoms with Crippen LogP contribution in [0.25, 0.3) is 11.8 Å². The van der Waals surface area contributed by atoms with Gasteiger partial charge in [0, 0.05) is 31.0 Å². The molecular weight excluding hydrogens is 507 g/mol. The SMILES string of the molecule is CCn1c(=O)/c(=C\Nc2cccc(OCCN3CCCCCC3)c2)s/c1=C(/C#N)C(=O)NCC(F)(F)F. The van der Waals surface area contributed by atoms with E-state index in [2.05, 4.69) is 10.2 Å². The molecule has 2 aromatic rings.